The van der Waals surface area contributed by atoms with Crippen molar-refractivity contribution < 1.29 is 13.9 Å². The van der Waals surface area contributed by atoms with E-state index in [9.17, 15) is 9.18 Å². The van der Waals surface area contributed by atoms with E-state index in [0.717, 1.165) is 24.1 Å². The highest BCUT2D eigenvalue weighted by Crippen LogP contribution is 2.32. The first-order valence-electron chi connectivity index (χ1n) is 6.94. The van der Waals surface area contributed by atoms with E-state index in [1.807, 2.05) is 18.2 Å². The first-order valence-corrected chi connectivity index (χ1v) is 6.94. The lowest BCUT2D eigenvalue weighted by Gasteiger charge is -2.30. The molecule has 3 nitrogen and oxygen atoms in total. The summed E-state index contributed by atoms with van der Waals surface area (Å²) in [6.45, 7) is 0.591. The third kappa shape index (κ3) is 2.49. The Hall–Kier alpha value is -2.36. The molecule has 0 N–H and O–H groups in total. The summed E-state index contributed by atoms with van der Waals surface area (Å²) in [5.41, 5.74) is 2.01. The molecule has 1 aliphatic heterocycles. The summed E-state index contributed by atoms with van der Waals surface area (Å²) in [5, 5.41) is 0. The van der Waals surface area contributed by atoms with Crippen LogP contribution in [0.25, 0.3) is 0 Å². The summed E-state index contributed by atoms with van der Waals surface area (Å²) in [4.78, 5) is 14.3. The van der Waals surface area contributed by atoms with Gasteiger partial charge >= 0.3 is 0 Å². The highest BCUT2D eigenvalue weighted by molar-refractivity contribution is 6.07. The van der Waals surface area contributed by atoms with Gasteiger partial charge < -0.3 is 9.64 Å². The highest BCUT2D eigenvalue weighted by Gasteiger charge is 2.25. The molecule has 0 aliphatic carbocycles. The lowest BCUT2D eigenvalue weighted by Crippen LogP contribution is -2.36. The van der Waals surface area contributed by atoms with Gasteiger partial charge in [-0.2, -0.15) is 0 Å². The van der Waals surface area contributed by atoms with Crippen LogP contribution in [0.15, 0.2) is 42.5 Å². The SMILES string of the molecule is COc1ccc2c(c1)N(C(=O)c1ccccc1F)CCC2. The van der Waals surface area contributed by atoms with Crippen LogP contribution in [0.2, 0.25) is 0 Å². The van der Waals surface area contributed by atoms with E-state index in [4.69, 9.17) is 4.74 Å². The number of ether oxygens (including phenoxy) is 1. The minimum atomic E-state index is -0.488. The van der Waals surface area contributed by atoms with Gasteiger partial charge in [-0.25, -0.2) is 4.39 Å². The van der Waals surface area contributed by atoms with Crippen LogP contribution in [0.5, 0.6) is 5.75 Å². The van der Waals surface area contributed by atoms with Crippen molar-refractivity contribution in [1.82, 2.24) is 0 Å². The molecule has 0 saturated carbocycles. The third-order valence-corrected chi connectivity index (χ3v) is 3.76. The predicted octanol–water partition coefficient (Wildman–Crippen LogP) is 3.43. The molecule has 21 heavy (non-hydrogen) atoms. The fourth-order valence-corrected chi connectivity index (χ4v) is 2.67. The maximum absolute atomic E-state index is 13.8. The van der Waals surface area contributed by atoms with E-state index < -0.39 is 5.82 Å². The molecule has 2 aromatic rings. The van der Waals surface area contributed by atoms with Crippen LogP contribution in [0.1, 0.15) is 22.3 Å². The zero-order valence-corrected chi connectivity index (χ0v) is 11.8. The number of amides is 1. The number of aryl methyl sites for hydroxylation is 1. The number of methoxy groups -OCH3 is 1. The molecule has 1 amide bonds. The Morgan fingerprint density at radius 2 is 2.05 bits per heavy atom. The van der Waals surface area contributed by atoms with Crippen LogP contribution < -0.4 is 9.64 Å². The molecule has 0 fully saturated rings. The Kier molecular flexibility index (Phi) is 3.60. The summed E-state index contributed by atoms with van der Waals surface area (Å²) >= 11 is 0. The fraction of sp³-hybridized carbons (Fsp3) is 0.235. The molecule has 0 spiro atoms. The second kappa shape index (κ2) is 5.56. The molecular weight excluding hydrogens is 269 g/mol. The van der Waals surface area contributed by atoms with Crippen molar-refractivity contribution in [3.05, 3.63) is 59.4 Å². The minimum Gasteiger partial charge on any atom is -0.497 e. The largest absolute Gasteiger partial charge is 0.497 e. The van der Waals surface area contributed by atoms with E-state index in [1.165, 1.54) is 12.1 Å². The van der Waals surface area contributed by atoms with Crippen molar-refractivity contribution >= 4 is 11.6 Å². The van der Waals surface area contributed by atoms with Gasteiger partial charge in [0.05, 0.1) is 18.4 Å². The van der Waals surface area contributed by atoms with Gasteiger partial charge in [-0.15, -0.1) is 0 Å². The number of hydrogen-bond donors (Lipinski definition) is 0. The standard InChI is InChI=1S/C17H16FNO2/c1-21-13-9-8-12-5-4-10-19(16(12)11-13)17(20)14-6-2-3-7-15(14)18/h2-3,6-9,11H,4-5,10H2,1H3. The van der Waals surface area contributed by atoms with Crippen molar-refractivity contribution in [3.63, 3.8) is 0 Å². The Morgan fingerprint density at radius 3 is 2.81 bits per heavy atom. The summed E-state index contributed by atoms with van der Waals surface area (Å²) in [5.74, 6) is -0.0955. The Balaban J connectivity index is 2.02. The van der Waals surface area contributed by atoms with Crippen molar-refractivity contribution in [1.29, 1.82) is 0 Å². The van der Waals surface area contributed by atoms with E-state index >= 15 is 0 Å². The second-order valence-corrected chi connectivity index (χ2v) is 5.03. The first kappa shape index (κ1) is 13.6. The van der Waals surface area contributed by atoms with Crippen LogP contribution in [-0.4, -0.2) is 19.6 Å². The lowest BCUT2D eigenvalue weighted by molar-refractivity contribution is 0.0981. The van der Waals surface area contributed by atoms with Crippen LogP contribution in [-0.2, 0) is 6.42 Å². The zero-order chi connectivity index (χ0) is 14.8. The molecule has 2 aromatic carbocycles. The highest BCUT2D eigenvalue weighted by atomic mass is 19.1. The van der Waals surface area contributed by atoms with Gasteiger partial charge in [0.1, 0.15) is 11.6 Å². The van der Waals surface area contributed by atoms with Gasteiger partial charge in [-0.3, -0.25) is 4.79 Å². The molecule has 0 unspecified atom stereocenters. The molecule has 0 radical (unpaired) electrons. The first-order chi connectivity index (χ1) is 10.2. The number of hydrogen-bond acceptors (Lipinski definition) is 2. The van der Waals surface area contributed by atoms with Gasteiger partial charge in [0.2, 0.25) is 0 Å². The van der Waals surface area contributed by atoms with Crippen LogP contribution >= 0.6 is 0 Å². The maximum atomic E-state index is 13.8. The van der Waals surface area contributed by atoms with Crippen molar-refractivity contribution in [2.75, 3.05) is 18.6 Å². The smallest absolute Gasteiger partial charge is 0.261 e. The molecule has 108 valence electrons. The van der Waals surface area contributed by atoms with Gasteiger partial charge in [0.15, 0.2) is 0 Å². The molecule has 0 aromatic heterocycles. The van der Waals surface area contributed by atoms with Gasteiger partial charge in [-0.05, 0) is 36.6 Å². The molecule has 0 saturated heterocycles. The molecule has 3 rings (SSSR count). The van der Waals surface area contributed by atoms with E-state index in [2.05, 4.69) is 0 Å². The number of nitrogens with zero attached hydrogens (tertiary/aromatic N) is 1. The monoisotopic (exact) mass is 285 g/mol. The average molecular weight is 285 g/mol. The molecule has 1 heterocycles. The van der Waals surface area contributed by atoms with Crippen LogP contribution in [0, 0.1) is 5.82 Å². The summed E-state index contributed by atoms with van der Waals surface area (Å²) in [6.07, 6.45) is 1.79. The molecule has 0 atom stereocenters. The number of anilines is 1. The van der Waals surface area contributed by atoms with Gasteiger partial charge in [0.25, 0.3) is 5.91 Å². The van der Waals surface area contributed by atoms with Gasteiger partial charge in [0, 0.05) is 12.6 Å². The fourth-order valence-electron chi connectivity index (χ4n) is 2.67. The normalized spacial score (nSPS) is 13.7. The summed E-state index contributed by atoms with van der Waals surface area (Å²) < 4.78 is 19.1. The average Bonchev–Trinajstić information content (AvgIpc) is 2.53. The third-order valence-electron chi connectivity index (χ3n) is 3.76. The maximum Gasteiger partial charge on any atom is 0.261 e. The summed E-state index contributed by atoms with van der Waals surface area (Å²) in [6, 6.07) is 11.8. The second-order valence-electron chi connectivity index (χ2n) is 5.03. The van der Waals surface area contributed by atoms with E-state index in [0.29, 0.717) is 12.3 Å². The van der Waals surface area contributed by atoms with E-state index in [1.54, 1.807) is 24.1 Å². The Bertz CT molecular complexity index is 684. The molecular formula is C17H16FNO2. The topological polar surface area (TPSA) is 29.5 Å². The number of carbonyl (C=O) groups is 1. The number of rotatable bonds is 2. The number of carbonyl (C=O) groups excluding carboxylic acids is 1. The summed E-state index contributed by atoms with van der Waals surface area (Å²) in [7, 11) is 1.59. The van der Waals surface area contributed by atoms with Crippen molar-refractivity contribution in [2.45, 2.75) is 12.8 Å². The van der Waals surface area contributed by atoms with Crippen molar-refractivity contribution in [3.8, 4) is 5.75 Å². The molecule has 4 heteroatoms. The predicted molar refractivity (Wildman–Crippen MR) is 79.4 cm³/mol. The number of fused-ring (bicyclic) bond motifs is 1. The lowest BCUT2D eigenvalue weighted by atomic mass is 10.0. The quantitative estimate of drug-likeness (QED) is 0.846. The number of benzene rings is 2. The van der Waals surface area contributed by atoms with Crippen LogP contribution in [0.4, 0.5) is 10.1 Å². The minimum absolute atomic E-state index is 0.105. The molecule has 0 bridgehead atoms. The van der Waals surface area contributed by atoms with Crippen molar-refractivity contribution in [2.24, 2.45) is 0 Å². The Morgan fingerprint density at radius 1 is 1.24 bits per heavy atom. The van der Waals surface area contributed by atoms with Gasteiger partial charge in [-0.1, -0.05) is 18.2 Å². The Labute approximate surface area is 123 Å². The molecule has 1 aliphatic rings. The van der Waals surface area contributed by atoms with E-state index in [-0.39, 0.29) is 11.5 Å². The number of halogens is 1. The van der Waals surface area contributed by atoms with Crippen LogP contribution in [0.3, 0.4) is 0 Å². The zero-order valence-electron chi connectivity index (χ0n) is 11.8.